The van der Waals surface area contributed by atoms with Gasteiger partial charge >= 0.3 is 0 Å². The Hall–Kier alpha value is -0.450. The minimum Gasteiger partial charge on any atom is -0.310 e. The molecule has 4 heteroatoms. The van der Waals surface area contributed by atoms with E-state index in [2.05, 4.69) is 41.4 Å². The zero-order valence-corrected chi connectivity index (χ0v) is 12.6. The molecule has 0 aromatic carbocycles. The summed E-state index contributed by atoms with van der Waals surface area (Å²) in [7, 11) is 0. The topological polar surface area (TPSA) is 28.2 Å². The normalized spacial score (nSPS) is 27.9. The van der Waals surface area contributed by atoms with Crippen LogP contribution in [0.1, 0.15) is 44.5 Å². The van der Waals surface area contributed by atoms with Gasteiger partial charge in [0.1, 0.15) is 0 Å². The zero-order chi connectivity index (χ0) is 13.0. The fraction of sp³-hybridized carbons (Fsp3) is 0.786. The SMILES string of the molecule is CCC1(C)CN(CC(C)c2nccs2)CCCN1. The summed E-state index contributed by atoms with van der Waals surface area (Å²) < 4.78 is 0. The second-order valence-corrected chi connectivity index (χ2v) is 6.63. The van der Waals surface area contributed by atoms with E-state index in [0.717, 1.165) is 19.6 Å². The first-order valence-corrected chi connectivity index (χ1v) is 7.88. The molecule has 2 atom stereocenters. The molecule has 1 saturated heterocycles. The average molecular weight is 267 g/mol. The van der Waals surface area contributed by atoms with Gasteiger partial charge in [-0.05, 0) is 32.9 Å². The van der Waals surface area contributed by atoms with E-state index in [1.807, 2.05) is 6.20 Å². The first-order chi connectivity index (χ1) is 8.63. The zero-order valence-electron chi connectivity index (χ0n) is 11.8. The quantitative estimate of drug-likeness (QED) is 0.909. The summed E-state index contributed by atoms with van der Waals surface area (Å²) in [6.07, 6.45) is 4.35. The van der Waals surface area contributed by atoms with Crippen molar-refractivity contribution in [1.82, 2.24) is 15.2 Å². The van der Waals surface area contributed by atoms with Crippen molar-refractivity contribution in [2.75, 3.05) is 26.2 Å². The number of nitrogens with one attached hydrogen (secondary N) is 1. The summed E-state index contributed by atoms with van der Waals surface area (Å²) >= 11 is 1.78. The van der Waals surface area contributed by atoms with Gasteiger partial charge in [-0.25, -0.2) is 4.98 Å². The fourth-order valence-electron chi connectivity index (χ4n) is 2.66. The van der Waals surface area contributed by atoms with E-state index < -0.39 is 0 Å². The van der Waals surface area contributed by atoms with Crippen molar-refractivity contribution in [1.29, 1.82) is 0 Å². The molecule has 1 aliphatic rings. The van der Waals surface area contributed by atoms with Crippen molar-refractivity contribution in [3.63, 3.8) is 0 Å². The molecular weight excluding hydrogens is 242 g/mol. The molecule has 2 heterocycles. The van der Waals surface area contributed by atoms with E-state index in [0.29, 0.717) is 5.92 Å². The van der Waals surface area contributed by atoms with Gasteiger partial charge in [0.2, 0.25) is 0 Å². The number of rotatable bonds is 4. The number of hydrogen-bond acceptors (Lipinski definition) is 4. The Balaban J connectivity index is 1.95. The van der Waals surface area contributed by atoms with Gasteiger partial charge in [-0.2, -0.15) is 0 Å². The molecule has 1 aromatic rings. The van der Waals surface area contributed by atoms with Crippen LogP contribution >= 0.6 is 11.3 Å². The van der Waals surface area contributed by atoms with Crippen LogP contribution in [0.2, 0.25) is 0 Å². The van der Waals surface area contributed by atoms with Crippen LogP contribution in [0.3, 0.4) is 0 Å². The molecule has 3 nitrogen and oxygen atoms in total. The highest BCUT2D eigenvalue weighted by Crippen LogP contribution is 2.22. The van der Waals surface area contributed by atoms with Gasteiger partial charge in [-0.3, -0.25) is 0 Å². The maximum Gasteiger partial charge on any atom is 0.0965 e. The lowest BCUT2D eigenvalue weighted by atomic mass is 9.98. The summed E-state index contributed by atoms with van der Waals surface area (Å²) in [5.74, 6) is 0.546. The minimum absolute atomic E-state index is 0.277. The van der Waals surface area contributed by atoms with Gasteiger partial charge in [0.05, 0.1) is 5.01 Å². The van der Waals surface area contributed by atoms with E-state index in [1.165, 1.54) is 24.4 Å². The van der Waals surface area contributed by atoms with Gasteiger partial charge in [-0.1, -0.05) is 13.8 Å². The monoisotopic (exact) mass is 267 g/mol. The second kappa shape index (κ2) is 6.13. The highest BCUT2D eigenvalue weighted by atomic mass is 32.1. The van der Waals surface area contributed by atoms with Gasteiger partial charge in [-0.15, -0.1) is 11.3 Å². The number of thiazole rings is 1. The summed E-state index contributed by atoms with van der Waals surface area (Å²) in [4.78, 5) is 7.04. The summed E-state index contributed by atoms with van der Waals surface area (Å²) in [6, 6.07) is 0. The second-order valence-electron chi connectivity index (χ2n) is 5.70. The third kappa shape index (κ3) is 3.53. The van der Waals surface area contributed by atoms with Crippen LogP contribution in [0.15, 0.2) is 11.6 Å². The molecule has 0 spiro atoms. The molecule has 1 N–H and O–H groups in total. The van der Waals surface area contributed by atoms with Crippen molar-refractivity contribution in [2.24, 2.45) is 0 Å². The van der Waals surface area contributed by atoms with E-state index in [4.69, 9.17) is 0 Å². The lowest BCUT2D eigenvalue weighted by molar-refractivity contribution is 0.207. The van der Waals surface area contributed by atoms with Crippen molar-refractivity contribution in [3.8, 4) is 0 Å². The summed E-state index contributed by atoms with van der Waals surface area (Å²) in [5, 5.41) is 7.04. The molecule has 1 aliphatic heterocycles. The standard InChI is InChI=1S/C14H25N3S/c1-4-14(3)11-17(8-5-6-16-14)10-12(2)13-15-7-9-18-13/h7,9,12,16H,4-6,8,10-11H2,1-3H3. The third-order valence-corrected chi connectivity index (χ3v) is 4.97. The largest absolute Gasteiger partial charge is 0.310 e. The highest BCUT2D eigenvalue weighted by molar-refractivity contribution is 7.09. The molecule has 0 aliphatic carbocycles. The average Bonchev–Trinajstić information content (AvgIpc) is 2.82. The predicted octanol–water partition coefficient (Wildman–Crippen LogP) is 2.71. The van der Waals surface area contributed by atoms with Crippen molar-refractivity contribution < 1.29 is 0 Å². The summed E-state index contributed by atoms with van der Waals surface area (Å²) in [5.41, 5.74) is 0.277. The first-order valence-electron chi connectivity index (χ1n) is 7.00. The molecule has 0 bridgehead atoms. The third-order valence-electron chi connectivity index (χ3n) is 3.96. The van der Waals surface area contributed by atoms with Crippen LogP contribution in [-0.4, -0.2) is 41.6 Å². The van der Waals surface area contributed by atoms with Gasteiger partial charge < -0.3 is 10.2 Å². The molecule has 0 radical (unpaired) electrons. The van der Waals surface area contributed by atoms with E-state index >= 15 is 0 Å². The van der Waals surface area contributed by atoms with E-state index in [9.17, 15) is 0 Å². The smallest absolute Gasteiger partial charge is 0.0965 e. The molecule has 2 unspecified atom stereocenters. The lowest BCUT2D eigenvalue weighted by Gasteiger charge is -2.33. The molecule has 2 rings (SSSR count). The fourth-order valence-corrected chi connectivity index (χ4v) is 3.35. The number of hydrogen-bond donors (Lipinski definition) is 1. The lowest BCUT2D eigenvalue weighted by Crippen LogP contribution is -2.49. The van der Waals surface area contributed by atoms with E-state index in [1.54, 1.807) is 11.3 Å². The predicted molar refractivity (Wildman–Crippen MR) is 78.3 cm³/mol. The Morgan fingerprint density at radius 2 is 2.44 bits per heavy atom. The van der Waals surface area contributed by atoms with Crippen LogP contribution in [0.4, 0.5) is 0 Å². The first kappa shape index (κ1) is 14.0. The summed E-state index contributed by atoms with van der Waals surface area (Å²) in [6.45, 7) is 11.6. The highest BCUT2D eigenvalue weighted by Gasteiger charge is 2.28. The van der Waals surface area contributed by atoms with Crippen LogP contribution in [-0.2, 0) is 0 Å². The van der Waals surface area contributed by atoms with Crippen LogP contribution in [0.25, 0.3) is 0 Å². The Labute approximate surface area is 115 Å². The van der Waals surface area contributed by atoms with Crippen molar-refractivity contribution in [2.45, 2.75) is 45.1 Å². The number of aromatic nitrogens is 1. The molecule has 1 aromatic heterocycles. The van der Waals surface area contributed by atoms with Gasteiger partial charge in [0.25, 0.3) is 0 Å². The molecular formula is C14H25N3S. The van der Waals surface area contributed by atoms with E-state index in [-0.39, 0.29) is 5.54 Å². The van der Waals surface area contributed by atoms with Crippen LogP contribution in [0.5, 0.6) is 0 Å². The Morgan fingerprint density at radius 1 is 1.61 bits per heavy atom. The van der Waals surface area contributed by atoms with Crippen LogP contribution in [0, 0.1) is 0 Å². The van der Waals surface area contributed by atoms with Gasteiger partial charge in [0, 0.05) is 36.1 Å². The molecule has 1 fully saturated rings. The Morgan fingerprint density at radius 3 is 3.11 bits per heavy atom. The van der Waals surface area contributed by atoms with Gasteiger partial charge in [0.15, 0.2) is 0 Å². The maximum absolute atomic E-state index is 4.44. The molecule has 18 heavy (non-hydrogen) atoms. The Kier molecular flexibility index (Phi) is 4.76. The Bertz CT molecular complexity index is 352. The maximum atomic E-state index is 4.44. The molecule has 0 amide bonds. The molecule has 0 saturated carbocycles. The van der Waals surface area contributed by atoms with Crippen molar-refractivity contribution in [3.05, 3.63) is 16.6 Å². The van der Waals surface area contributed by atoms with Crippen LogP contribution < -0.4 is 5.32 Å². The van der Waals surface area contributed by atoms with Crippen molar-refractivity contribution >= 4 is 11.3 Å². The minimum atomic E-state index is 0.277. The molecule has 102 valence electrons. The number of nitrogens with zero attached hydrogens (tertiary/aromatic N) is 2.